The maximum absolute atomic E-state index is 12.6. The fourth-order valence-electron chi connectivity index (χ4n) is 3.45. The third-order valence-electron chi connectivity index (χ3n) is 4.66. The van der Waals surface area contributed by atoms with E-state index in [4.69, 9.17) is 5.73 Å². The number of carbonyl (C=O) groups is 1. The number of thiazole rings is 1. The number of hydrogen-bond acceptors (Lipinski definition) is 6. The molecule has 1 aliphatic heterocycles. The first kappa shape index (κ1) is 15.8. The first-order valence-electron chi connectivity index (χ1n) is 8.55. The molecule has 0 saturated heterocycles. The number of fused-ring (bicyclic) bond motifs is 2. The summed E-state index contributed by atoms with van der Waals surface area (Å²) in [5.74, 6) is 0.339. The van der Waals surface area contributed by atoms with Crippen molar-refractivity contribution in [2.45, 2.75) is 6.42 Å². The molecule has 4 aromatic rings. The number of H-pyrrole nitrogens is 1. The van der Waals surface area contributed by atoms with Gasteiger partial charge in [0, 0.05) is 30.4 Å². The predicted octanol–water partition coefficient (Wildman–Crippen LogP) is 3.30. The van der Waals surface area contributed by atoms with Gasteiger partial charge in [0.25, 0.3) is 5.91 Å². The van der Waals surface area contributed by atoms with E-state index >= 15 is 0 Å². The van der Waals surface area contributed by atoms with E-state index in [2.05, 4.69) is 25.6 Å². The van der Waals surface area contributed by atoms with Crippen molar-refractivity contribution >= 4 is 44.7 Å². The molecule has 27 heavy (non-hydrogen) atoms. The van der Waals surface area contributed by atoms with E-state index in [1.54, 1.807) is 23.6 Å². The number of aromatic amines is 1. The molecule has 0 radical (unpaired) electrons. The molecule has 1 amide bonds. The van der Waals surface area contributed by atoms with E-state index in [1.807, 2.05) is 29.8 Å². The molecule has 0 fully saturated rings. The van der Waals surface area contributed by atoms with Crippen LogP contribution >= 0.6 is 11.3 Å². The number of benzene rings is 1. The van der Waals surface area contributed by atoms with Gasteiger partial charge in [0.1, 0.15) is 11.3 Å². The van der Waals surface area contributed by atoms with Gasteiger partial charge in [0.05, 0.1) is 32.8 Å². The predicted molar refractivity (Wildman–Crippen MR) is 107 cm³/mol. The van der Waals surface area contributed by atoms with E-state index < -0.39 is 0 Å². The first-order chi connectivity index (χ1) is 13.2. The topological polar surface area (TPSA) is 109 Å². The van der Waals surface area contributed by atoms with Crippen LogP contribution in [0.4, 0.5) is 17.2 Å². The number of pyridine rings is 1. The molecular formula is C19H16N6OS. The summed E-state index contributed by atoms with van der Waals surface area (Å²) in [6.07, 6.45) is 2.41. The number of amides is 1. The Morgan fingerprint density at radius 2 is 2.15 bits per heavy atom. The van der Waals surface area contributed by atoms with Crippen LogP contribution in [0.25, 0.3) is 21.5 Å². The molecule has 7 nitrogen and oxygen atoms in total. The van der Waals surface area contributed by atoms with Crippen LogP contribution in [-0.4, -0.2) is 27.4 Å². The minimum atomic E-state index is -0.0891. The monoisotopic (exact) mass is 376 g/mol. The smallest absolute Gasteiger partial charge is 0.255 e. The molecule has 3 aromatic heterocycles. The van der Waals surface area contributed by atoms with Gasteiger partial charge in [-0.1, -0.05) is 6.07 Å². The lowest BCUT2D eigenvalue weighted by atomic mass is 10.1. The zero-order valence-electron chi connectivity index (χ0n) is 14.2. The summed E-state index contributed by atoms with van der Waals surface area (Å²) in [7, 11) is 0. The van der Waals surface area contributed by atoms with Crippen molar-refractivity contribution in [3.63, 3.8) is 0 Å². The summed E-state index contributed by atoms with van der Waals surface area (Å²) in [6.45, 7) is 0.616. The summed E-state index contributed by atoms with van der Waals surface area (Å²) in [5, 5.41) is 6.37. The first-order valence-corrected chi connectivity index (χ1v) is 9.43. The Morgan fingerprint density at radius 3 is 3.04 bits per heavy atom. The third-order valence-corrected chi connectivity index (χ3v) is 5.45. The maximum atomic E-state index is 12.6. The number of aromatic nitrogens is 3. The molecule has 0 unspecified atom stereocenters. The van der Waals surface area contributed by atoms with E-state index in [-0.39, 0.29) is 5.91 Å². The number of nitrogens with zero attached hydrogens (tertiary/aromatic N) is 2. The van der Waals surface area contributed by atoms with Crippen LogP contribution in [0.3, 0.4) is 0 Å². The highest BCUT2D eigenvalue weighted by atomic mass is 32.1. The number of hydrogen-bond donors (Lipinski definition) is 4. The lowest BCUT2D eigenvalue weighted by molar-refractivity contribution is 0.0947. The highest BCUT2D eigenvalue weighted by Crippen LogP contribution is 2.38. The second-order valence-electron chi connectivity index (χ2n) is 6.33. The molecular weight excluding hydrogens is 360 g/mol. The van der Waals surface area contributed by atoms with Gasteiger partial charge in [-0.05, 0) is 24.3 Å². The molecule has 1 aliphatic rings. The summed E-state index contributed by atoms with van der Waals surface area (Å²) >= 11 is 1.58. The molecule has 0 spiro atoms. The Balaban J connectivity index is 1.71. The molecule has 5 rings (SSSR count). The number of nitrogens with two attached hydrogens (primary N) is 1. The molecule has 0 saturated carbocycles. The van der Waals surface area contributed by atoms with Crippen LogP contribution in [0.5, 0.6) is 0 Å². The quantitative estimate of drug-likeness (QED) is 0.439. The second kappa shape index (κ2) is 6.10. The third kappa shape index (κ3) is 2.61. The standard InChI is InChI=1S/C19H16N6OS/c20-14-8-10(4-6-21-14)16-18(15-11(24-16)5-7-22-19(15)26)25-12-2-1-3-13-17(12)23-9-27-13/h1-4,6,8-9,24-25H,5,7H2,(H2,20,21)(H,22,26). The number of carbonyl (C=O) groups excluding carboxylic acids is 1. The van der Waals surface area contributed by atoms with Gasteiger partial charge in [0.15, 0.2) is 0 Å². The fourth-order valence-corrected chi connectivity index (χ4v) is 4.15. The average molecular weight is 376 g/mol. The van der Waals surface area contributed by atoms with Crippen molar-refractivity contribution in [1.29, 1.82) is 0 Å². The lowest BCUT2D eigenvalue weighted by Crippen LogP contribution is -2.31. The Bertz CT molecular complexity index is 1180. The largest absolute Gasteiger partial charge is 0.384 e. The zero-order chi connectivity index (χ0) is 18.4. The average Bonchev–Trinajstić information content (AvgIpc) is 3.28. The van der Waals surface area contributed by atoms with Crippen LogP contribution in [0.1, 0.15) is 16.1 Å². The Hall–Kier alpha value is -3.39. The fraction of sp³-hybridized carbons (Fsp3) is 0.105. The SMILES string of the molecule is Nc1cc(-c2[nH]c3c(c2Nc2cccc4scnc24)C(=O)NCC3)ccn1. The van der Waals surface area contributed by atoms with E-state index in [0.29, 0.717) is 17.9 Å². The van der Waals surface area contributed by atoms with Crippen molar-refractivity contribution in [3.8, 4) is 11.3 Å². The summed E-state index contributed by atoms with van der Waals surface area (Å²) in [6, 6.07) is 9.64. The van der Waals surface area contributed by atoms with Gasteiger partial charge in [-0.15, -0.1) is 11.3 Å². The minimum absolute atomic E-state index is 0.0891. The number of nitrogens with one attached hydrogen (secondary N) is 3. The molecule has 134 valence electrons. The summed E-state index contributed by atoms with van der Waals surface area (Å²) < 4.78 is 1.09. The van der Waals surface area contributed by atoms with Crippen molar-refractivity contribution in [2.75, 3.05) is 17.6 Å². The van der Waals surface area contributed by atoms with E-state index in [1.165, 1.54) is 0 Å². The second-order valence-corrected chi connectivity index (χ2v) is 7.22. The Labute approximate surface area is 158 Å². The molecule has 4 heterocycles. The van der Waals surface area contributed by atoms with E-state index in [0.717, 1.165) is 45.0 Å². The molecule has 5 N–H and O–H groups in total. The van der Waals surface area contributed by atoms with Crippen LogP contribution in [0.2, 0.25) is 0 Å². The number of anilines is 3. The Morgan fingerprint density at radius 1 is 1.22 bits per heavy atom. The van der Waals surface area contributed by atoms with Crippen molar-refractivity contribution in [2.24, 2.45) is 0 Å². The number of para-hydroxylation sites is 1. The zero-order valence-corrected chi connectivity index (χ0v) is 15.1. The van der Waals surface area contributed by atoms with Crippen LogP contribution < -0.4 is 16.4 Å². The lowest BCUT2D eigenvalue weighted by Gasteiger charge is -2.15. The molecule has 0 bridgehead atoms. The van der Waals surface area contributed by atoms with Gasteiger partial charge >= 0.3 is 0 Å². The van der Waals surface area contributed by atoms with Crippen LogP contribution in [0.15, 0.2) is 42.0 Å². The summed E-state index contributed by atoms with van der Waals surface area (Å²) in [5.41, 5.74) is 13.4. The Kier molecular flexibility index (Phi) is 3.58. The van der Waals surface area contributed by atoms with Crippen molar-refractivity contribution in [1.82, 2.24) is 20.3 Å². The highest BCUT2D eigenvalue weighted by Gasteiger charge is 2.27. The summed E-state index contributed by atoms with van der Waals surface area (Å²) in [4.78, 5) is 24.5. The molecule has 8 heteroatoms. The van der Waals surface area contributed by atoms with Gasteiger partial charge < -0.3 is 21.4 Å². The van der Waals surface area contributed by atoms with Gasteiger partial charge in [-0.2, -0.15) is 0 Å². The van der Waals surface area contributed by atoms with Crippen LogP contribution in [-0.2, 0) is 6.42 Å². The van der Waals surface area contributed by atoms with Gasteiger partial charge in [-0.3, -0.25) is 4.79 Å². The maximum Gasteiger partial charge on any atom is 0.255 e. The van der Waals surface area contributed by atoms with Gasteiger partial charge in [-0.25, -0.2) is 9.97 Å². The minimum Gasteiger partial charge on any atom is -0.384 e. The molecule has 0 aliphatic carbocycles. The molecule has 0 atom stereocenters. The number of rotatable bonds is 3. The number of nitrogen functional groups attached to an aromatic ring is 1. The normalized spacial score (nSPS) is 13.4. The van der Waals surface area contributed by atoms with E-state index in [9.17, 15) is 4.79 Å². The highest BCUT2D eigenvalue weighted by molar-refractivity contribution is 7.16. The molecule has 1 aromatic carbocycles. The van der Waals surface area contributed by atoms with Crippen molar-refractivity contribution in [3.05, 3.63) is 53.3 Å². The van der Waals surface area contributed by atoms with Gasteiger partial charge in [0.2, 0.25) is 0 Å². The van der Waals surface area contributed by atoms with Crippen LogP contribution in [0, 0.1) is 0 Å². The van der Waals surface area contributed by atoms with Crippen molar-refractivity contribution < 1.29 is 4.79 Å².